The molecule has 0 radical (unpaired) electrons. The number of benzene rings is 1. The fourth-order valence-corrected chi connectivity index (χ4v) is 4.25. The van der Waals surface area contributed by atoms with Crippen LogP contribution in [0.4, 0.5) is 0 Å². The topological polar surface area (TPSA) is 51.8 Å². The second-order valence-corrected chi connectivity index (χ2v) is 8.13. The molecule has 150 valence electrons. The van der Waals surface area contributed by atoms with Gasteiger partial charge in [0.15, 0.2) is 0 Å². The van der Waals surface area contributed by atoms with Gasteiger partial charge in [0.1, 0.15) is 13.1 Å². The Balaban J connectivity index is 1.44. The molecular weight excluding hydrogens is 352 g/mol. The van der Waals surface area contributed by atoms with Crippen LogP contribution < -0.4 is 4.90 Å². The molecule has 6 nitrogen and oxygen atoms in total. The van der Waals surface area contributed by atoms with E-state index < -0.39 is 0 Å². The number of quaternary nitrogens is 1. The van der Waals surface area contributed by atoms with Gasteiger partial charge in [-0.25, -0.2) is 0 Å². The molecule has 2 heterocycles. The highest BCUT2D eigenvalue weighted by atomic mass is 16.5. The first-order chi connectivity index (χ1) is 13.6. The lowest BCUT2D eigenvalue weighted by molar-refractivity contribution is -0.907. The second kappa shape index (κ2) is 8.45. The number of morpholine rings is 1. The van der Waals surface area contributed by atoms with Gasteiger partial charge in [-0.05, 0) is 30.9 Å². The molecule has 6 heteroatoms. The standard InChI is InChI=1S/C22H30N4O2/c1-17-14-19(24(2)23-17)16-26(9-8-25-10-12-28-13-11-25)22(27)21-15-20(21)18-6-4-3-5-7-18/h3-7,14,20-21H,8-13,15-16H2,1-2H3/p+1/t20-,21+/m0/s1. The number of amides is 1. The molecule has 2 fully saturated rings. The van der Waals surface area contributed by atoms with Crippen LogP contribution in [-0.2, 0) is 23.1 Å². The van der Waals surface area contributed by atoms with Crippen molar-refractivity contribution in [2.75, 3.05) is 39.4 Å². The number of aryl methyl sites for hydroxylation is 2. The summed E-state index contributed by atoms with van der Waals surface area (Å²) in [6.45, 7) is 8.11. The zero-order valence-corrected chi connectivity index (χ0v) is 16.9. The molecule has 0 spiro atoms. The Bertz CT molecular complexity index is 798. The minimum Gasteiger partial charge on any atom is -0.370 e. The molecule has 1 aromatic heterocycles. The van der Waals surface area contributed by atoms with Gasteiger partial charge in [0.05, 0.1) is 44.2 Å². The van der Waals surface area contributed by atoms with E-state index in [0.717, 1.165) is 57.2 Å². The SMILES string of the molecule is Cc1cc(CN(CC[NH+]2CCOCC2)C(=O)[C@@H]2C[C@H]2c2ccccc2)n(C)n1. The van der Waals surface area contributed by atoms with Gasteiger partial charge in [-0.2, -0.15) is 5.10 Å². The molecule has 1 aliphatic carbocycles. The third kappa shape index (κ3) is 4.45. The third-order valence-electron chi connectivity index (χ3n) is 6.03. The maximum atomic E-state index is 13.3. The van der Waals surface area contributed by atoms with E-state index in [4.69, 9.17) is 4.74 Å². The summed E-state index contributed by atoms with van der Waals surface area (Å²) in [5, 5.41) is 4.45. The molecule has 1 aliphatic heterocycles. The predicted molar refractivity (Wildman–Crippen MR) is 107 cm³/mol. The number of carbonyl (C=O) groups is 1. The van der Waals surface area contributed by atoms with E-state index in [1.165, 1.54) is 10.5 Å². The highest BCUT2D eigenvalue weighted by Crippen LogP contribution is 2.48. The van der Waals surface area contributed by atoms with Crippen LogP contribution in [0.5, 0.6) is 0 Å². The van der Waals surface area contributed by atoms with Crippen molar-refractivity contribution in [2.24, 2.45) is 13.0 Å². The summed E-state index contributed by atoms with van der Waals surface area (Å²) in [6.07, 6.45) is 0.966. The molecule has 1 saturated carbocycles. The Morgan fingerprint density at radius 3 is 2.71 bits per heavy atom. The lowest BCUT2D eigenvalue weighted by atomic mass is 10.1. The van der Waals surface area contributed by atoms with Crippen molar-refractivity contribution in [3.63, 3.8) is 0 Å². The van der Waals surface area contributed by atoms with Crippen molar-refractivity contribution in [1.82, 2.24) is 14.7 Å². The maximum Gasteiger partial charge on any atom is 0.226 e. The van der Waals surface area contributed by atoms with Crippen molar-refractivity contribution >= 4 is 5.91 Å². The number of aromatic nitrogens is 2. The van der Waals surface area contributed by atoms with Gasteiger partial charge in [0.2, 0.25) is 5.91 Å². The van der Waals surface area contributed by atoms with Crippen molar-refractivity contribution < 1.29 is 14.4 Å². The summed E-state index contributed by atoms with van der Waals surface area (Å²) in [5.74, 6) is 0.789. The molecule has 0 bridgehead atoms. The number of nitrogens with one attached hydrogen (secondary N) is 1. The minimum absolute atomic E-state index is 0.122. The number of hydrogen-bond acceptors (Lipinski definition) is 3. The van der Waals surface area contributed by atoms with Gasteiger partial charge in [-0.3, -0.25) is 9.48 Å². The maximum absolute atomic E-state index is 13.3. The van der Waals surface area contributed by atoms with Crippen LogP contribution in [-0.4, -0.2) is 60.0 Å². The first-order valence-electron chi connectivity index (χ1n) is 10.4. The van der Waals surface area contributed by atoms with Gasteiger partial charge in [0, 0.05) is 13.0 Å². The van der Waals surface area contributed by atoms with Crippen molar-refractivity contribution in [3.8, 4) is 0 Å². The molecule has 2 aromatic rings. The number of ether oxygens (including phenoxy) is 1. The van der Waals surface area contributed by atoms with E-state index in [0.29, 0.717) is 18.4 Å². The van der Waals surface area contributed by atoms with Crippen LogP contribution in [0.1, 0.15) is 29.3 Å². The molecule has 1 amide bonds. The molecular formula is C22H31N4O2+. The highest BCUT2D eigenvalue weighted by Gasteiger charge is 2.45. The molecule has 28 heavy (non-hydrogen) atoms. The molecule has 4 rings (SSSR count). The fraction of sp³-hybridized carbons (Fsp3) is 0.545. The second-order valence-electron chi connectivity index (χ2n) is 8.13. The summed E-state index contributed by atoms with van der Waals surface area (Å²) < 4.78 is 7.37. The summed E-state index contributed by atoms with van der Waals surface area (Å²) in [4.78, 5) is 16.9. The molecule has 2 atom stereocenters. The zero-order valence-electron chi connectivity index (χ0n) is 16.9. The summed E-state index contributed by atoms with van der Waals surface area (Å²) in [5.41, 5.74) is 3.38. The minimum atomic E-state index is 0.122. The predicted octanol–water partition coefficient (Wildman–Crippen LogP) is 0.776. The van der Waals surface area contributed by atoms with Crippen molar-refractivity contribution in [3.05, 3.63) is 53.3 Å². The van der Waals surface area contributed by atoms with Crippen LogP contribution in [0.25, 0.3) is 0 Å². The summed E-state index contributed by atoms with van der Waals surface area (Å²) in [7, 11) is 1.96. The van der Waals surface area contributed by atoms with Gasteiger partial charge in [-0.1, -0.05) is 30.3 Å². The number of nitrogens with zero attached hydrogens (tertiary/aromatic N) is 3. The van der Waals surface area contributed by atoms with E-state index >= 15 is 0 Å². The molecule has 1 aromatic carbocycles. The first-order valence-corrected chi connectivity index (χ1v) is 10.4. The van der Waals surface area contributed by atoms with Crippen LogP contribution in [0.15, 0.2) is 36.4 Å². The molecule has 0 unspecified atom stereocenters. The van der Waals surface area contributed by atoms with E-state index in [-0.39, 0.29) is 5.92 Å². The van der Waals surface area contributed by atoms with E-state index in [1.807, 2.05) is 24.7 Å². The lowest BCUT2D eigenvalue weighted by Crippen LogP contribution is -3.14. The number of carbonyl (C=O) groups excluding carboxylic acids is 1. The Labute approximate surface area is 167 Å². The van der Waals surface area contributed by atoms with E-state index in [1.54, 1.807) is 0 Å². The normalized spacial score (nSPS) is 22.2. The fourth-order valence-electron chi connectivity index (χ4n) is 4.25. The highest BCUT2D eigenvalue weighted by molar-refractivity contribution is 5.83. The smallest absolute Gasteiger partial charge is 0.226 e. The largest absolute Gasteiger partial charge is 0.370 e. The number of hydrogen-bond donors (Lipinski definition) is 1. The summed E-state index contributed by atoms with van der Waals surface area (Å²) >= 11 is 0. The van der Waals surface area contributed by atoms with Crippen molar-refractivity contribution in [2.45, 2.75) is 25.8 Å². The van der Waals surface area contributed by atoms with Gasteiger partial charge in [-0.15, -0.1) is 0 Å². The van der Waals surface area contributed by atoms with Crippen LogP contribution in [0.3, 0.4) is 0 Å². The van der Waals surface area contributed by atoms with Gasteiger partial charge in [0.25, 0.3) is 0 Å². The van der Waals surface area contributed by atoms with Gasteiger partial charge >= 0.3 is 0 Å². The summed E-state index contributed by atoms with van der Waals surface area (Å²) in [6, 6.07) is 12.5. The average Bonchev–Trinajstić information content (AvgIpc) is 3.45. The molecule has 1 N–H and O–H groups in total. The average molecular weight is 384 g/mol. The Kier molecular flexibility index (Phi) is 5.78. The van der Waals surface area contributed by atoms with Crippen LogP contribution in [0.2, 0.25) is 0 Å². The van der Waals surface area contributed by atoms with Gasteiger partial charge < -0.3 is 14.5 Å². The Hall–Kier alpha value is -2.18. The quantitative estimate of drug-likeness (QED) is 0.769. The Morgan fingerprint density at radius 1 is 1.29 bits per heavy atom. The monoisotopic (exact) mass is 383 g/mol. The zero-order chi connectivity index (χ0) is 19.5. The molecule has 2 aliphatic rings. The number of rotatable bonds is 7. The van der Waals surface area contributed by atoms with Crippen LogP contribution in [0, 0.1) is 12.8 Å². The van der Waals surface area contributed by atoms with Crippen molar-refractivity contribution in [1.29, 1.82) is 0 Å². The van der Waals surface area contributed by atoms with Crippen LogP contribution >= 0.6 is 0 Å². The van der Waals surface area contributed by atoms with E-state index in [9.17, 15) is 4.79 Å². The first kappa shape index (κ1) is 19.2. The third-order valence-corrected chi connectivity index (χ3v) is 6.03. The lowest BCUT2D eigenvalue weighted by Gasteiger charge is -2.28. The molecule has 1 saturated heterocycles. The Morgan fingerprint density at radius 2 is 2.04 bits per heavy atom. The van der Waals surface area contributed by atoms with E-state index in [2.05, 4.69) is 40.3 Å².